The number of anilines is 1. The average Bonchev–Trinajstić information content (AvgIpc) is 2.78. The predicted molar refractivity (Wildman–Crippen MR) is 122 cm³/mol. The van der Waals surface area contributed by atoms with Crippen molar-refractivity contribution in [1.82, 2.24) is 5.32 Å². The van der Waals surface area contributed by atoms with E-state index < -0.39 is 0 Å². The standard InChI is InChI=1S/C25H30N2O5/c1-4-18-7-10-20(11-8-18)31-15-22(28)19-9-12-23-21(14-19)27(25(30)16-32-23)13-5-6-24(29)26-17(2)3/h7-12,14,17H,4-6,13,15-16H2,1-3H3,(H,26,29). The van der Waals surface area contributed by atoms with Crippen LogP contribution in [0.25, 0.3) is 0 Å². The fourth-order valence-electron chi connectivity index (χ4n) is 3.47. The van der Waals surface area contributed by atoms with Crippen LogP contribution in [0.2, 0.25) is 0 Å². The van der Waals surface area contributed by atoms with Crippen molar-refractivity contribution in [1.29, 1.82) is 0 Å². The Hall–Kier alpha value is -3.35. The Morgan fingerprint density at radius 3 is 2.59 bits per heavy atom. The van der Waals surface area contributed by atoms with Crippen LogP contribution in [-0.4, -0.2) is 43.4 Å². The fraction of sp³-hybridized carbons (Fsp3) is 0.400. The molecular formula is C25H30N2O5. The summed E-state index contributed by atoms with van der Waals surface area (Å²) in [4.78, 5) is 38.6. The molecule has 2 amide bonds. The third kappa shape index (κ3) is 6.09. The molecule has 2 aromatic carbocycles. The van der Waals surface area contributed by atoms with Crippen molar-refractivity contribution in [3.05, 3.63) is 53.6 Å². The summed E-state index contributed by atoms with van der Waals surface area (Å²) >= 11 is 0. The van der Waals surface area contributed by atoms with Crippen LogP contribution in [-0.2, 0) is 16.0 Å². The third-order valence-corrected chi connectivity index (χ3v) is 5.16. The van der Waals surface area contributed by atoms with Gasteiger partial charge in [0.2, 0.25) is 5.91 Å². The zero-order chi connectivity index (χ0) is 23.1. The van der Waals surface area contributed by atoms with Crippen LogP contribution in [0.1, 0.15) is 49.5 Å². The first-order valence-electron chi connectivity index (χ1n) is 11.0. The number of benzene rings is 2. The lowest BCUT2D eigenvalue weighted by atomic mass is 10.1. The van der Waals surface area contributed by atoms with E-state index >= 15 is 0 Å². The Bertz CT molecular complexity index is 969. The summed E-state index contributed by atoms with van der Waals surface area (Å²) in [6.45, 7) is 6.10. The number of Topliss-reactive ketones (excluding diaryl/α,β-unsaturated/α-hetero) is 1. The molecule has 3 rings (SSSR count). The van der Waals surface area contributed by atoms with Gasteiger partial charge in [-0.2, -0.15) is 0 Å². The lowest BCUT2D eigenvalue weighted by molar-refractivity contribution is -0.123. The highest BCUT2D eigenvalue weighted by Crippen LogP contribution is 2.33. The normalized spacial score (nSPS) is 12.9. The Labute approximate surface area is 188 Å². The van der Waals surface area contributed by atoms with Gasteiger partial charge in [0, 0.05) is 24.6 Å². The number of amides is 2. The van der Waals surface area contributed by atoms with E-state index in [-0.39, 0.29) is 36.9 Å². The molecule has 1 aliphatic rings. The lowest BCUT2D eigenvalue weighted by Gasteiger charge is -2.29. The second kappa shape index (κ2) is 10.8. The molecule has 0 aromatic heterocycles. The maximum Gasteiger partial charge on any atom is 0.265 e. The van der Waals surface area contributed by atoms with Crippen molar-refractivity contribution in [2.45, 2.75) is 46.1 Å². The second-order valence-electron chi connectivity index (χ2n) is 8.05. The van der Waals surface area contributed by atoms with E-state index in [1.807, 2.05) is 38.1 Å². The lowest BCUT2D eigenvalue weighted by Crippen LogP contribution is -2.40. The Morgan fingerprint density at radius 2 is 1.91 bits per heavy atom. The molecule has 0 fully saturated rings. The first-order chi connectivity index (χ1) is 15.4. The van der Waals surface area contributed by atoms with Gasteiger partial charge in [-0.05, 0) is 62.6 Å². The number of nitrogens with one attached hydrogen (secondary N) is 1. The van der Waals surface area contributed by atoms with Crippen LogP contribution in [0.5, 0.6) is 11.5 Å². The molecule has 1 aliphatic heterocycles. The molecule has 7 heteroatoms. The molecular weight excluding hydrogens is 408 g/mol. The topological polar surface area (TPSA) is 84.9 Å². The number of aryl methyl sites for hydroxylation is 1. The van der Waals surface area contributed by atoms with E-state index in [0.717, 1.165) is 6.42 Å². The third-order valence-electron chi connectivity index (χ3n) is 5.16. The minimum Gasteiger partial charge on any atom is -0.485 e. The van der Waals surface area contributed by atoms with Crippen LogP contribution in [0.15, 0.2) is 42.5 Å². The molecule has 0 saturated carbocycles. The molecule has 7 nitrogen and oxygen atoms in total. The summed E-state index contributed by atoms with van der Waals surface area (Å²) in [5.41, 5.74) is 2.18. The molecule has 0 spiro atoms. The number of ketones is 1. The van der Waals surface area contributed by atoms with Crippen molar-refractivity contribution in [3.63, 3.8) is 0 Å². The van der Waals surface area contributed by atoms with E-state index in [2.05, 4.69) is 12.2 Å². The van der Waals surface area contributed by atoms with Crippen LogP contribution in [0, 0.1) is 0 Å². The van der Waals surface area contributed by atoms with Gasteiger partial charge in [-0.15, -0.1) is 0 Å². The molecule has 0 bridgehead atoms. The SMILES string of the molecule is CCc1ccc(OCC(=O)c2ccc3c(c2)N(CCCC(=O)NC(C)C)C(=O)CO3)cc1. The van der Waals surface area contributed by atoms with Gasteiger partial charge < -0.3 is 19.7 Å². The first kappa shape index (κ1) is 23.3. The summed E-state index contributed by atoms with van der Waals surface area (Å²) < 4.78 is 11.1. The first-order valence-corrected chi connectivity index (χ1v) is 11.0. The van der Waals surface area contributed by atoms with E-state index in [0.29, 0.717) is 42.1 Å². The van der Waals surface area contributed by atoms with E-state index in [1.165, 1.54) is 5.56 Å². The highest BCUT2D eigenvalue weighted by Gasteiger charge is 2.26. The number of carbonyl (C=O) groups excluding carboxylic acids is 3. The number of rotatable bonds is 10. The molecule has 1 heterocycles. The summed E-state index contributed by atoms with van der Waals surface area (Å²) in [7, 11) is 0. The van der Waals surface area contributed by atoms with Gasteiger partial charge in [0.15, 0.2) is 19.0 Å². The van der Waals surface area contributed by atoms with Crippen molar-refractivity contribution in [2.24, 2.45) is 0 Å². The maximum absolute atomic E-state index is 12.7. The van der Waals surface area contributed by atoms with Crippen molar-refractivity contribution in [3.8, 4) is 11.5 Å². The van der Waals surface area contributed by atoms with E-state index in [9.17, 15) is 14.4 Å². The van der Waals surface area contributed by atoms with Crippen LogP contribution in [0.3, 0.4) is 0 Å². The number of hydrogen-bond donors (Lipinski definition) is 1. The highest BCUT2D eigenvalue weighted by atomic mass is 16.5. The quantitative estimate of drug-likeness (QED) is 0.574. The molecule has 2 aromatic rings. The van der Waals surface area contributed by atoms with Gasteiger partial charge >= 0.3 is 0 Å². The van der Waals surface area contributed by atoms with E-state index in [1.54, 1.807) is 23.1 Å². The molecule has 0 radical (unpaired) electrons. The summed E-state index contributed by atoms with van der Waals surface area (Å²) in [6.07, 6.45) is 1.77. The van der Waals surface area contributed by atoms with Gasteiger partial charge in [-0.25, -0.2) is 0 Å². The molecule has 0 unspecified atom stereocenters. The molecule has 0 saturated heterocycles. The monoisotopic (exact) mass is 438 g/mol. The van der Waals surface area contributed by atoms with Crippen LogP contribution >= 0.6 is 0 Å². The zero-order valence-electron chi connectivity index (χ0n) is 18.8. The van der Waals surface area contributed by atoms with Gasteiger partial charge in [0.25, 0.3) is 5.91 Å². The zero-order valence-corrected chi connectivity index (χ0v) is 18.8. The summed E-state index contributed by atoms with van der Waals surface area (Å²) in [5.74, 6) is 0.742. The molecule has 0 atom stereocenters. The maximum atomic E-state index is 12.7. The fourth-order valence-corrected chi connectivity index (χ4v) is 3.47. The minimum absolute atomic E-state index is 0.0472. The molecule has 1 N–H and O–H groups in total. The smallest absolute Gasteiger partial charge is 0.265 e. The molecule has 170 valence electrons. The van der Waals surface area contributed by atoms with E-state index in [4.69, 9.17) is 9.47 Å². The largest absolute Gasteiger partial charge is 0.485 e. The summed E-state index contributed by atoms with van der Waals surface area (Å²) in [5, 5.41) is 2.84. The van der Waals surface area contributed by atoms with Crippen molar-refractivity contribution in [2.75, 3.05) is 24.7 Å². The number of fused-ring (bicyclic) bond motifs is 1. The average molecular weight is 439 g/mol. The Balaban J connectivity index is 1.65. The number of nitrogens with zero attached hydrogens (tertiary/aromatic N) is 1. The molecule has 0 aliphatic carbocycles. The van der Waals surface area contributed by atoms with Gasteiger partial charge in [-0.1, -0.05) is 19.1 Å². The van der Waals surface area contributed by atoms with Crippen molar-refractivity contribution < 1.29 is 23.9 Å². The van der Waals surface area contributed by atoms with Gasteiger partial charge in [-0.3, -0.25) is 14.4 Å². The number of carbonyl (C=O) groups is 3. The highest BCUT2D eigenvalue weighted by molar-refractivity contribution is 6.02. The number of ether oxygens (including phenoxy) is 2. The Kier molecular flexibility index (Phi) is 7.87. The summed E-state index contributed by atoms with van der Waals surface area (Å²) in [6, 6.07) is 12.8. The Morgan fingerprint density at radius 1 is 1.16 bits per heavy atom. The molecule has 32 heavy (non-hydrogen) atoms. The van der Waals surface area contributed by atoms with Gasteiger partial charge in [0.05, 0.1) is 5.69 Å². The number of hydrogen-bond acceptors (Lipinski definition) is 5. The second-order valence-corrected chi connectivity index (χ2v) is 8.05. The predicted octanol–water partition coefficient (Wildman–Crippen LogP) is 3.54. The van der Waals surface area contributed by atoms with Gasteiger partial charge in [0.1, 0.15) is 11.5 Å². The minimum atomic E-state index is -0.196. The van der Waals surface area contributed by atoms with Crippen LogP contribution in [0.4, 0.5) is 5.69 Å². The van der Waals surface area contributed by atoms with Crippen molar-refractivity contribution >= 4 is 23.3 Å². The van der Waals surface area contributed by atoms with Crippen LogP contribution < -0.4 is 19.7 Å².